The summed E-state index contributed by atoms with van der Waals surface area (Å²) in [6.07, 6.45) is 0.343. The number of aryl methyl sites for hydroxylation is 1. The van der Waals surface area contributed by atoms with Crippen LogP contribution in [-0.2, 0) is 17.7 Å². The predicted octanol–water partition coefficient (Wildman–Crippen LogP) is 7.42. The lowest BCUT2D eigenvalue weighted by atomic mass is 9.91. The van der Waals surface area contributed by atoms with Gasteiger partial charge in [-0.3, -0.25) is 0 Å². The van der Waals surface area contributed by atoms with Crippen LogP contribution < -0.4 is 28.4 Å². The van der Waals surface area contributed by atoms with E-state index in [1.807, 2.05) is 56.3 Å². The number of methoxy groups -OCH3 is 6. The van der Waals surface area contributed by atoms with Gasteiger partial charge < -0.3 is 37.7 Å². The molecule has 0 radical (unpaired) electrons. The van der Waals surface area contributed by atoms with Gasteiger partial charge >= 0.3 is 5.97 Å². The number of benzene rings is 3. The van der Waals surface area contributed by atoms with Crippen LogP contribution in [0.5, 0.6) is 34.5 Å². The fourth-order valence-electron chi connectivity index (χ4n) is 5.76. The molecule has 2 heterocycles. The molecule has 1 aliphatic rings. The van der Waals surface area contributed by atoms with Gasteiger partial charge in [0.15, 0.2) is 34.5 Å². The number of ether oxygens (including phenoxy) is 7. The van der Waals surface area contributed by atoms with Gasteiger partial charge in [-0.1, -0.05) is 6.07 Å². The van der Waals surface area contributed by atoms with E-state index >= 15 is 0 Å². The van der Waals surface area contributed by atoms with E-state index in [9.17, 15) is 4.79 Å². The van der Waals surface area contributed by atoms with Crippen LogP contribution in [0.25, 0.3) is 33.6 Å². The molecule has 4 aromatic rings. The maximum absolute atomic E-state index is 14.3. The molecule has 232 valence electrons. The van der Waals surface area contributed by atoms with Gasteiger partial charge in [-0.15, -0.1) is 0 Å². The lowest BCUT2D eigenvalue weighted by molar-refractivity contribution is 0.0379. The van der Waals surface area contributed by atoms with E-state index in [1.54, 1.807) is 42.7 Å². The molecule has 0 fully saturated rings. The molecule has 0 aliphatic carbocycles. The summed E-state index contributed by atoms with van der Waals surface area (Å²) in [4.78, 5) is 14.3. The summed E-state index contributed by atoms with van der Waals surface area (Å²) in [7, 11) is 9.58. The summed E-state index contributed by atoms with van der Waals surface area (Å²) in [5, 5.41) is 0. The second-order valence-corrected chi connectivity index (χ2v) is 11.3. The number of hydrogen-bond acceptors (Lipinski definition) is 8. The topological polar surface area (TPSA) is 86.6 Å². The van der Waals surface area contributed by atoms with E-state index in [1.165, 1.54) is 0 Å². The first-order chi connectivity index (χ1) is 21.2. The Balaban J connectivity index is 1.97. The lowest BCUT2D eigenvalue weighted by Crippen LogP contribution is -2.15. The zero-order valence-corrected chi connectivity index (χ0v) is 27.7. The van der Waals surface area contributed by atoms with Crippen LogP contribution in [-0.4, -0.2) is 59.3 Å². The summed E-state index contributed by atoms with van der Waals surface area (Å²) < 4.78 is 42.7. The Bertz CT molecular complexity index is 1730. The molecule has 0 spiro atoms. The molecule has 3 aromatic carbocycles. The van der Waals surface area contributed by atoms with Crippen molar-refractivity contribution in [2.24, 2.45) is 0 Å². The van der Waals surface area contributed by atoms with Crippen LogP contribution in [0, 0.1) is 0 Å². The number of carbonyl (C=O) groups excluding carboxylic acids is 1. The van der Waals surface area contributed by atoms with Crippen molar-refractivity contribution >= 4 is 21.9 Å². The normalized spacial score (nSPS) is 11.9. The Kier molecular flexibility index (Phi) is 9.01. The molecular formula is C34H36BrNO8. The first-order valence-electron chi connectivity index (χ1n) is 14.1. The van der Waals surface area contributed by atoms with E-state index in [0.717, 1.165) is 32.4 Å². The highest BCUT2D eigenvalue weighted by Crippen LogP contribution is 2.51. The van der Waals surface area contributed by atoms with E-state index in [4.69, 9.17) is 33.2 Å². The molecule has 0 amide bonds. The van der Waals surface area contributed by atoms with Gasteiger partial charge in [-0.25, -0.2) is 4.79 Å². The van der Waals surface area contributed by atoms with Crippen LogP contribution >= 0.6 is 15.9 Å². The first kappa shape index (κ1) is 31.1. The molecule has 9 nitrogen and oxygen atoms in total. The summed E-state index contributed by atoms with van der Waals surface area (Å²) in [6.45, 7) is 4.26. The zero-order valence-electron chi connectivity index (χ0n) is 26.1. The van der Waals surface area contributed by atoms with Crippen molar-refractivity contribution < 1.29 is 38.0 Å². The highest BCUT2D eigenvalue weighted by Gasteiger charge is 2.35. The van der Waals surface area contributed by atoms with Crippen molar-refractivity contribution in [2.45, 2.75) is 32.9 Å². The minimum absolute atomic E-state index is 0.351. The summed E-state index contributed by atoms with van der Waals surface area (Å²) >= 11 is 3.76. The van der Waals surface area contributed by atoms with E-state index in [2.05, 4.69) is 20.5 Å². The molecule has 0 bridgehead atoms. The quantitative estimate of drug-likeness (QED) is 0.162. The van der Waals surface area contributed by atoms with Gasteiger partial charge in [-0.2, -0.15) is 0 Å². The third-order valence-electron chi connectivity index (χ3n) is 7.68. The molecular weight excluding hydrogens is 630 g/mol. The fraction of sp³-hybridized carbons (Fsp3) is 0.324. The summed E-state index contributed by atoms with van der Waals surface area (Å²) in [5.74, 6) is 2.96. The third-order valence-corrected chi connectivity index (χ3v) is 8.34. The van der Waals surface area contributed by atoms with Gasteiger partial charge in [0, 0.05) is 27.7 Å². The van der Waals surface area contributed by atoms with Crippen molar-refractivity contribution in [3.8, 4) is 68.1 Å². The molecule has 5 rings (SSSR count). The first-order valence-corrected chi connectivity index (χ1v) is 14.9. The number of nitrogens with zero attached hydrogens (tertiary/aromatic N) is 1. The van der Waals surface area contributed by atoms with Crippen LogP contribution in [0.2, 0.25) is 0 Å². The third kappa shape index (κ3) is 5.32. The maximum atomic E-state index is 14.3. The Morgan fingerprint density at radius 2 is 1.25 bits per heavy atom. The lowest BCUT2D eigenvalue weighted by Gasteiger charge is -2.24. The fourth-order valence-corrected chi connectivity index (χ4v) is 6.27. The van der Waals surface area contributed by atoms with E-state index in [-0.39, 0.29) is 6.10 Å². The second kappa shape index (κ2) is 12.7. The highest BCUT2D eigenvalue weighted by molar-refractivity contribution is 9.10. The van der Waals surface area contributed by atoms with Crippen LogP contribution in [0.3, 0.4) is 0 Å². The van der Waals surface area contributed by atoms with Crippen molar-refractivity contribution in [2.75, 3.05) is 42.7 Å². The predicted molar refractivity (Wildman–Crippen MR) is 172 cm³/mol. The smallest absolute Gasteiger partial charge is 0.341 e. The average molecular weight is 667 g/mol. The second-order valence-electron chi connectivity index (χ2n) is 10.4. The number of fused-ring (bicyclic) bond motifs is 3. The summed E-state index contributed by atoms with van der Waals surface area (Å²) in [6, 6.07) is 13.3. The zero-order chi connectivity index (χ0) is 31.7. The number of rotatable bonds is 10. The molecule has 0 atom stereocenters. The van der Waals surface area contributed by atoms with Crippen molar-refractivity contribution in [1.29, 1.82) is 0 Å². The molecule has 10 heteroatoms. The molecule has 44 heavy (non-hydrogen) atoms. The largest absolute Gasteiger partial charge is 0.493 e. The highest BCUT2D eigenvalue weighted by atomic mass is 79.9. The SMILES string of the molecule is COc1ccc(-c2c(C(=O)OC(C)C)c(-c3cc(OC)c(OC)cc3Br)n3c2-c2cc(OC)c(OC)cc2CC3)cc1OC. The van der Waals surface area contributed by atoms with Gasteiger partial charge in [0.2, 0.25) is 0 Å². The monoisotopic (exact) mass is 665 g/mol. The maximum Gasteiger partial charge on any atom is 0.341 e. The van der Waals surface area contributed by atoms with E-state index in [0.29, 0.717) is 64.3 Å². The number of halogens is 1. The number of hydrogen-bond donors (Lipinski definition) is 0. The molecule has 1 aliphatic heterocycles. The molecule has 1 aromatic heterocycles. The minimum Gasteiger partial charge on any atom is -0.493 e. The Morgan fingerprint density at radius 1 is 0.705 bits per heavy atom. The van der Waals surface area contributed by atoms with Crippen molar-refractivity contribution in [1.82, 2.24) is 4.57 Å². The minimum atomic E-state index is -0.453. The van der Waals surface area contributed by atoms with Gasteiger partial charge in [0.25, 0.3) is 0 Å². The van der Waals surface area contributed by atoms with Gasteiger partial charge in [-0.05, 0) is 83.7 Å². The van der Waals surface area contributed by atoms with Crippen LogP contribution in [0.1, 0.15) is 29.8 Å². The number of esters is 1. The summed E-state index contributed by atoms with van der Waals surface area (Å²) in [5.41, 5.74) is 6.12. The average Bonchev–Trinajstić information content (AvgIpc) is 3.38. The van der Waals surface area contributed by atoms with Gasteiger partial charge in [0.1, 0.15) is 0 Å². The molecule has 0 N–H and O–H groups in total. The Hall–Kier alpha value is -4.31. The Labute approximate surface area is 265 Å². The van der Waals surface area contributed by atoms with Crippen molar-refractivity contribution in [3.05, 3.63) is 58.1 Å². The van der Waals surface area contributed by atoms with Gasteiger partial charge in [0.05, 0.1) is 65.7 Å². The van der Waals surface area contributed by atoms with Crippen LogP contribution in [0.15, 0.2) is 46.9 Å². The molecule has 0 unspecified atom stereocenters. The molecule has 0 saturated heterocycles. The van der Waals surface area contributed by atoms with Crippen LogP contribution in [0.4, 0.5) is 0 Å². The number of carbonyl (C=O) groups is 1. The molecule has 0 saturated carbocycles. The number of aromatic nitrogens is 1. The standard InChI is InChI=1S/C34H36BrNO8/c1-18(2)44-34(37)31-30(20-9-10-24(38-3)25(14-20)39-4)32-21-15-27(41-6)26(40-5)13-19(21)11-12-36(32)33(31)22-16-28(42-7)29(43-8)17-23(22)35/h9-10,13-18H,11-12H2,1-8H3. The van der Waals surface area contributed by atoms with Crippen molar-refractivity contribution in [3.63, 3.8) is 0 Å². The Morgan fingerprint density at radius 3 is 1.84 bits per heavy atom. The van der Waals surface area contributed by atoms with E-state index < -0.39 is 5.97 Å².